The normalized spacial score (nSPS) is 25.5. The number of hydrogen-bond donors (Lipinski definition) is 3. The van der Waals surface area contributed by atoms with Gasteiger partial charge in [0.25, 0.3) is 5.92 Å². The van der Waals surface area contributed by atoms with E-state index in [1.165, 1.54) is 39.5 Å². The standard InChI is InChI=1S/C27H29F4N5O5S/c1-3-41-24(37)18-16(11-36-13-27(30,31)21-17(36)7-9-35(21)12-26(2,40)25(38)39)33-22(23-32-8-10-42-23)34-20(18)14-5-4-6-15(28)19(14)29/h4-6,8,10,17,20-21,40H,3,7,9,11-13H2,1-2H3,(H,33,34)(H,38,39)/t17-,20-,21+,26+/m0/s1. The first kappa shape index (κ1) is 30.1. The number of carboxylic acids is 1. The number of likely N-dealkylation sites (tertiary alicyclic amines) is 2. The number of halogens is 4. The van der Waals surface area contributed by atoms with Crippen LogP contribution in [0.5, 0.6) is 0 Å². The molecule has 5 rings (SSSR count). The van der Waals surface area contributed by atoms with Crippen molar-refractivity contribution < 1.29 is 42.1 Å². The number of amidine groups is 1. The Kier molecular flexibility index (Phi) is 8.13. The smallest absolute Gasteiger partial charge is 0.338 e. The second kappa shape index (κ2) is 11.4. The molecule has 3 aliphatic rings. The Balaban J connectivity index is 1.55. The predicted octanol–water partition coefficient (Wildman–Crippen LogP) is 2.56. The third kappa shape index (κ3) is 5.53. The minimum absolute atomic E-state index is 0.0397. The summed E-state index contributed by atoms with van der Waals surface area (Å²) in [7, 11) is 0. The van der Waals surface area contributed by atoms with E-state index in [4.69, 9.17) is 4.74 Å². The number of β-amino-alcohol motifs (C(OH)–C–C–N with tert-alkyl or cyclic N) is 1. The van der Waals surface area contributed by atoms with E-state index in [1.807, 2.05) is 0 Å². The van der Waals surface area contributed by atoms with Gasteiger partial charge in [-0.1, -0.05) is 12.1 Å². The monoisotopic (exact) mass is 611 g/mol. The second-order valence-corrected chi connectivity index (χ2v) is 11.5. The molecule has 42 heavy (non-hydrogen) atoms. The van der Waals surface area contributed by atoms with Gasteiger partial charge in [-0.25, -0.2) is 32.1 Å². The van der Waals surface area contributed by atoms with Gasteiger partial charge in [0.1, 0.15) is 6.04 Å². The number of aromatic nitrogens is 1. The lowest BCUT2D eigenvalue weighted by Crippen LogP contribution is -2.53. The van der Waals surface area contributed by atoms with Crippen molar-refractivity contribution in [2.24, 2.45) is 4.99 Å². The Morgan fingerprint density at radius 3 is 2.71 bits per heavy atom. The molecule has 4 heterocycles. The summed E-state index contributed by atoms with van der Waals surface area (Å²) in [6.07, 6.45) is 1.75. The number of ether oxygens (including phenoxy) is 1. The van der Waals surface area contributed by atoms with Gasteiger partial charge in [0.15, 0.2) is 28.1 Å². The first-order chi connectivity index (χ1) is 19.8. The molecule has 0 radical (unpaired) electrons. The van der Waals surface area contributed by atoms with Crippen LogP contribution < -0.4 is 5.32 Å². The van der Waals surface area contributed by atoms with E-state index >= 15 is 13.2 Å². The first-order valence-corrected chi connectivity index (χ1v) is 14.1. The van der Waals surface area contributed by atoms with Gasteiger partial charge in [-0.05, 0) is 26.3 Å². The van der Waals surface area contributed by atoms with E-state index in [2.05, 4.69) is 15.3 Å². The molecule has 3 N–H and O–H groups in total. The number of nitrogens with one attached hydrogen (secondary N) is 1. The Labute approximate surface area is 242 Å². The van der Waals surface area contributed by atoms with Gasteiger partial charge in [-0.2, -0.15) is 0 Å². The molecule has 0 amide bonds. The summed E-state index contributed by atoms with van der Waals surface area (Å²) in [6, 6.07) is -0.00504. The Hall–Kier alpha value is -3.40. The first-order valence-electron chi connectivity index (χ1n) is 13.2. The van der Waals surface area contributed by atoms with Crippen molar-refractivity contribution in [3.05, 3.63) is 63.3 Å². The number of rotatable bonds is 9. The summed E-state index contributed by atoms with van der Waals surface area (Å²) in [5, 5.41) is 24.7. The Morgan fingerprint density at radius 1 is 1.29 bits per heavy atom. The molecule has 2 aromatic rings. The summed E-state index contributed by atoms with van der Waals surface area (Å²) in [4.78, 5) is 36.2. The fourth-order valence-corrected chi connectivity index (χ4v) is 6.43. The zero-order valence-corrected chi connectivity index (χ0v) is 23.5. The van der Waals surface area contributed by atoms with Crippen LogP contribution in [0.4, 0.5) is 17.6 Å². The summed E-state index contributed by atoms with van der Waals surface area (Å²) >= 11 is 1.20. The van der Waals surface area contributed by atoms with E-state index in [0.29, 0.717) is 5.01 Å². The van der Waals surface area contributed by atoms with Gasteiger partial charge in [0.05, 0.1) is 24.8 Å². The van der Waals surface area contributed by atoms with Crippen LogP contribution in [-0.2, 0) is 14.3 Å². The number of carbonyl (C=O) groups is 2. The number of benzene rings is 1. The largest absolute Gasteiger partial charge is 0.479 e. The maximum atomic E-state index is 15.5. The van der Waals surface area contributed by atoms with Crippen molar-refractivity contribution in [1.82, 2.24) is 20.1 Å². The van der Waals surface area contributed by atoms with Crippen molar-refractivity contribution in [3.63, 3.8) is 0 Å². The van der Waals surface area contributed by atoms with E-state index in [-0.39, 0.29) is 48.8 Å². The average molecular weight is 612 g/mol. The van der Waals surface area contributed by atoms with E-state index in [9.17, 15) is 24.2 Å². The molecule has 0 spiro atoms. The molecule has 10 nitrogen and oxygen atoms in total. The average Bonchev–Trinajstić information content (AvgIpc) is 3.65. The summed E-state index contributed by atoms with van der Waals surface area (Å²) in [5.74, 6) is -7.89. The molecule has 0 bridgehead atoms. The Morgan fingerprint density at radius 2 is 2.05 bits per heavy atom. The quantitative estimate of drug-likeness (QED) is 0.290. The highest BCUT2D eigenvalue weighted by Gasteiger charge is 2.60. The van der Waals surface area contributed by atoms with Crippen LogP contribution in [0.25, 0.3) is 0 Å². The molecule has 4 atom stereocenters. The molecule has 226 valence electrons. The molecule has 1 aromatic carbocycles. The zero-order chi connectivity index (χ0) is 30.4. The van der Waals surface area contributed by atoms with Gasteiger partial charge in [0, 0.05) is 48.5 Å². The van der Waals surface area contributed by atoms with Crippen molar-refractivity contribution >= 4 is 29.1 Å². The molecule has 0 aliphatic carbocycles. The number of aliphatic carboxylic acids is 1. The number of alkyl halides is 2. The molecule has 2 saturated heterocycles. The number of carboxylic acid groups (broad SMARTS) is 1. The highest BCUT2D eigenvalue weighted by atomic mass is 32.1. The van der Waals surface area contributed by atoms with E-state index < -0.39 is 66.3 Å². The van der Waals surface area contributed by atoms with Gasteiger partial charge >= 0.3 is 11.9 Å². The highest BCUT2D eigenvalue weighted by molar-refractivity contribution is 7.11. The van der Waals surface area contributed by atoms with Crippen LogP contribution in [0.1, 0.15) is 36.9 Å². The lowest BCUT2D eigenvalue weighted by Gasteiger charge is -2.32. The summed E-state index contributed by atoms with van der Waals surface area (Å²) in [6.45, 7) is 1.25. The minimum Gasteiger partial charge on any atom is -0.479 e. The predicted molar refractivity (Wildman–Crippen MR) is 143 cm³/mol. The second-order valence-electron chi connectivity index (χ2n) is 10.6. The van der Waals surface area contributed by atoms with Crippen LogP contribution in [0.2, 0.25) is 0 Å². The molecule has 1 aromatic heterocycles. The lowest BCUT2D eigenvalue weighted by atomic mass is 9.94. The third-order valence-electron chi connectivity index (χ3n) is 7.65. The van der Waals surface area contributed by atoms with Crippen LogP contribution >= 0.6 is 11.3 Å². The van der Waals surface area contributed by atoms with Crippen LogP contribution in [-0.4, -0.2) is 99.2 Å². The maximum Gasteiger partial charge on any atom is 0.338 e. The topological polar surface area (TPSA) is 128 Å². The van der Waals surface area contributed by atoms with Crippen molar-refractivity contribution in [2.75, 3.05) is 32.8 Å². The van der Waals surface area contributed by atoms with Crippen molar-refractivity contribution in [1.29, 1.82) is 0 Å². The summed E-state index contributed by atoms with van der Waals surface area (Å²) in [5.41, 5.74) is -2.50. The molecule has 3 aliphatic heterocycles. The van der Waals surface area contributed by atoms with Crippen LogP contribution in [0, 0.1) is 11.6 Å². The Bertz CT molecular complexity index is 1430. The number of fused-ring (bicyclic) bond motifs is 1. The minimum atomic E-state index is -3.28. The number of hydrogen-bond acceptors (Lipinski definition) is 10. The van der Waals surface area contributed by atoms with E-state index in [0.717, 1.165) is 13.0 Å². The number of nitrogens with zero attached hydrogens (tertiary/aromatic N) is 4. The molecular weight excluding hydrogens is 582 g/mol. The third-order valence-corrected chi connectivity index (χ3v) is 8.43. The number of aliphatic hydroxyl groups is 1. The van der Waals surface area contributed by atoms with Crippen molar-refractivity contribution in [2.45, 2.75) is 49.9 Å². The fraction of sp³-hybridized carbons (Fsp3) is 0.481. The van der Waals surface area contributed by atoms with Gasteiger partial charge in [-0.3, -0.25) is 14.8 Å². The van der Waals surface area contributed by atoms with Gasteiger partial charge < -0.3 is 20.3 Å². The summed E-state index contributed by atoms with van der Waals surface area (Å²) < 4.78 is 65.6. The number of aliphatic imine (C=N–C) groups is 1. The zero-order valence-electron chi connectivity index (χ0n) is 22.7. The lowest BCUT2D eigenvalue weighted by molar-refractivity contribution is -0.160. The highest BCUT2D eigenvalue weighted by Crippen LogP contribution is 2.43. The molecule has 2 fully saturated rings. The molecule has 15 heteroatoms. The number of carbonyl (C=O) groups excluding carboxylic acids is 1. The fourth-order valence-electron chi connectivity index (χ4n) is 5.84. The number of esters is 1. The molecule has 0 saturated carbocycles. The van der Waals surface area contributed by atoms with Gasteiger partial charge in [0.2, 0.25) is 0 Å². The molecule has 0 unspecified atom stereocenters. The number of thiazole rings is 1. The van der Waals surface area contributed by atoms with E-state index in [1.54, 1.807) is 12.3 Å². The molecular formula is C27H29F4N5O5S. The van der Waals surface area contributed by atoms with Crippen LogP contribution in [0.15, 0.2) is 46.0 Å². The van der Waals surface area contributed by atoms with Gasteiger partial charge in [-0.15, -0.1) is 11.3 Å². The van der Waals surface area contributed by atoms with Crippen molar-refractivity contribution in [3.8, 4) is 0 Å². The van der Waals surface area contributed by atoms with Crippen LogP contribution in [0.3, 0.4) is 0 Å². The maximum absolute atomic E-state index is 15.5. The SMILES string of the molecule is CCOC(=O)C1=C(CN2CC(F)(F)[C@H]3[C@@H]2CCN3C[C@@](C)(O)C(=O)O)NC(c2nccs2)=N[C@H]1c1cccc(F)c1F.